The summed E-state index contributed by atoms with van der Waals surface area (Å²) >= 11 is 0. The first-order valence-corrected chi connectivity index (χ1v) is 13.0. The smallest absolute Gasteiger partial charge is 0.136 e. The van der Waals surface area contributed by atoms with Crippen molar-refractivity contribution in [2.45, 2.75) is 12.8 Å². The lowest BCUT2D eigenvalue weighted by atomic mass is 9.88. The van der Waals surface area contributed by atoms with Crippen molar-refractivity contribution in [3.63, 3.8) is 0 Å². The number of furan rings is 1. The molecule has 0 saturated heterocycles. The van der Waals surface area contributed by atoms with E-state index in [1.807, 2.05) is 12.1 Å². The third-order valence-corrected chi connectivity index (χ3v) is 7.93. The van der Waals surface area contributed by atoms with Gasteiger partial charge in [0.1, 0.15) is 11.2 Å². The second kappa shape index (κ2) is 7.94. The first-order chi connectivity index (χ1) is 18.3. The van der Waals surface area contributed by atoms with E-state index in [9.17, 15) is 0 Å². The van der Waals surface area contributed by atoms with Crippen LogP contribution in [0, 0.1) is 0 Å². The Bertz CT molecular complexity index is 2050. The SMILES string of the molecule is C1=C(c2ccc3c(c2)oc2ccccc23)C=C(c2ccc3c4ccccc4c4ccccc4c3c2)CC1. The summed E-state index contributed by atoms with van der Waals surface area (Å²) in [6.45, 7) is 0. The zero-order valence-corrected chi connectivity index (χ0v) is 20.4. The van der Waals surface area contributed by atoms with Gasteiger partial charge in [-0.15, -0.1) is 0 Å². The van der Waals surface area contributed by atoms with Crippen molar-refractivity contribution in [2.75, 3.05) is 0 Å². The highest BCUT2D eigenvalue weighted by molar-refractivity contribution is 6.25. The summed E-state index contributed by atoms with van der Waals surface area (Å²) in [6.07, 6.45) is 6.82. The van der Waals surface area contributed by atoms with Gasteiger partial charge in [0.15, 0.2) is 0 Å². The van der Waals surface area contributed by atoms with Gasteiger partial charge in [-0.3, -0.25) is 0 Å². The van der Waals surface area contributed by atoms with E-state index in [4.69, 9.17) is 4.42 Å². The molecule has 37 heavy (non-hydrogen) atoms. The lowest BCUT2D eigenvalue weighted by Gasteiger charge is -2.17. The highest BCUT2D eigenvalue weighted by atomic mass is 16.3. The molecule has 0 fully saturated rings. The summed E-state index contributed by atoms with van der Waals surface area (Å²) in [4.78, 5) is 0. The molecular weight excluding hydrogens is 448 g/mol. The van der Waals surface area contributed by atoms with Crippen LogP contribution in [-0.4, -0.2) is 0 Å². The minimum absolute atomic E-state index is 0.944. The largest absolute Gasteiger partial charge is 0.456 e. The van der Waals surface area contributed by atoms with Crippen molar-refractivity contribution in [3.05, 3.63) is 132 Å². The Labute approximate surface area is 214 Å². The van der Waals surface area contributed by atoms with Crippen LogP contribution in [0.25, 0.3) is 65.4 Å². The van der Waals surface area contributed by atoms with Crippen LogP contribution in [0.5, 0.6) is 0 Å². The van der Waals surface area contributed by atoms with Crippen LogP contribution in [0.2, 0.25) is 0 Å². The minimum atomic E-state index is 0.944. The number of hydrogen-bond acceptors (Lipinski definition) is 1. The van der Waals surface area contributed by atoms with E-state index in [-0.39, 0.29) is 0 Å². The standard InChI is InChI=1S/C36H24O/c1-2-12-29-27(10-1)28-11-3-4-13-30(28)34-21-25(16-18-31(29)34)23-8-7-9-24(20-23)26-17-19-33-32-14-5-6-15-35(32)37-36(33)22-26/h1-6,9-22H,7-8H2. The van der Waals surface area contributed by atoms with Crippen LogP contribution >= 0.6 is 0 Å². The van der Waals surface area contributed by atoms with Crippen molar-refractivity contribution in [1.82, 2.24) is 0 Å². The van der Waals surface area contributed by atoms with Gasteiger partial charge in [-0.25, -0.2) is 0 Å². The lowest BCUT2D eigenvalue weighted by molar-refractivity contribution is 0.669. The van der Waals surface area contributed by atoms with Crippen molar-refractivity contribution < 1.29 is 4.42 Å². The number of fused-ring (bicyclic) bond motifs is 9. The Balaban J connectivity index is 1.26. The molecule has 0 amide bonds. The molecule has 0 saturated carbocycles. The molecule has 0 aliphatic heterocycles. The molecule has 1 heterocycles. The molecule has 1 aliphatic carbocycles. The first kappa shape index (κ1) is 20.6. The van der Waals surface area contributed by atoms with Gasteiger partial charge in [0.05, 0.1) is 0 Å². The number of allylic oxidation sites excluding steroid dienone is 4. The van der Waals surface area contributed by atoms with Crippen LogP contribution in [0.3, 0.4) is 0 Å². The summed E-state index contributed by atoms with van der Waals surface area (Å²) in [6, 6.07) is 39.5. The average Bonchev–Trinajstić information content (AvgIpc) is 3.35. The maximum Gasteiger partial charge on any atom is 0.136 e. The topological polar surface area (TPSA) is 13.1 Å². The fraction of sp³-hybridized carbons (Fsp3) is 0.0556. The third kappa shape index (κ3) is 3.17. The van der Waals surface area contributed by atoms with Gasteiger partial charge < -0.3 is 4.42 Å². The molecule has 0 unspecified atom stereocenters. The molecule has 1 aromatic heterocycles. The number of para-hydroxylation sites is 1. The summed E-state index contributed by atoms with van der Waals surface area (Å²) in [7, 11) is 0. The van der Waals surface area contributed by atoms with Crippen molar-refractivity contribution >= 4 is 65.4 Å². The van der Waals surface area contributed by atoms with E-state index in [1.165, 1.54) is 65.4 Å². The molecular formula is C36H24O. The Morgan fingerprint density at radius 3 is 1.78 bits per heavy atom. The fourth-order valence-electron chi connectivity index (χ4n) is 6.14. The van der Waals surface area contributed by atoms with Gasteiger partial charge in [0, 0.05) is 10.8 Å². The van der Waals surface area contributed by atoms with Gasteiger partial charge in [-0.1, -0.05) is 97.1 Å². The van der Waals surface area contributed by atoms with Crippen LogP contribution in [0.4, 0.5) is 0 Å². The highest BCUT2D eigenvalue weighted by Crippen LogP contribution is 2.39. The summed E-state index contributed by atoms with van der Waals surface area (Å²) in [5.41, 5.74) is 7.07. The van der Waals surface area contributed by atoms with E-state index >= 15 is 0 Å². The maximum absolute atomic E-state index is 6.17. The highest BCUT2D eigenvalue weighted by Gasteiger charge is 2.14. The first-order valence-electron chi connectivity index (χ1n) is 13.0. The molecule has 1 nitrogen and oxygen atoms in total. The normalized spacial score (nSPS) is 14.1. The molecule has 7 aromatic rings. The Morgan fingerprint density at radius 1 is 0.459 bits per heavy atom. The molecule has 1 aliphatic rings. The molecule has 1 heteroatoms. The third-order valence-electron chi connectivity index (χ3n) is 7.93. The van der Waals surface area contributed by atoms with Gasteiger partial charge in [0.25, 0.3) is 0 Å². The van der Waals surface area contributed by atoms with Crippen LogP contribution in [-0.2, 0) is 0 Å². The summed E-state index contributed by atoms with van der Waals surface area (Å²) in [5.74, 6) is 0. The van der Waals surface area contributed by atoms with E-state index in [2.05, 4.69) is 109 Å². The van der Waals surface area contributed by atoms with Crippen molar-refractivity contribution in [1.29, 1.82) is 0 Å². The predicted octanol–water partition coefficient (Wildman–Crippen LogP) is 10.3. The van der Waals surface area contributed by atoms with Gasteiger partial charge in [-0.2, -0.15) is 0 Å². The van der Waals surface area contributed by atoms with E-state index in [0.717, 1.165) is 24.0 Å². The second-order valence-electron chi connectivity index (χ2n) is 10.0. The van der Waals surface area contributed by atoms with E-state index < -0.39 is 0 Å². The zero-order chi connectivity index (χ0) is 24.3. The quantitative estimate of drug-likeness (QED) is 0.228. The van der Waals surface area contributed by atoms with Crippen LogP contribution in [0.15, 0.2) is 126 Å². The number of benzene rings is 6. The van der Waals surface area contributed by atoms with Gasteiger partial charge in [0.2, 0.25) is 0 Å². The fourth-order valence-corrected chi connectivity index (χ4v) is 6.14. The minimum Gasteiger partial charge on any atom is -0.456 e. The van der Waals surface area contributed by atoms with E-state index in [1.54, 1.807) is 0 Å². The Hall–Kier alpha value is -4.62. The lowest BCUT2D eigenvalue weighted by Crippen LogP contribution is -1.94. The zero-order valence-electron chi connectivity index (χ0n) is 20.4. The molecule has 0 atom stereocenters. The van der Waals surface area contributed by atoms with E-state index in [0.29, 0.717) is 0 Å². The molecule has 174 valence electrons. The van der Waals surface area contributed by atoms with Crippen LogP contribution in [0.1, 0.15) is 24.0 Å². The van der Waals surface area contributed by atoms with Crippen molar-refractivity contribution in [3.8, 4) is 0 Å². The Morgan fingerprint density at radius 2 is 1.03 bits per heavy atom. The molecule has 0 radical (unpaired) electrons. The summed E-state index contributed by atoms with van der Waals surface area (Å²) < 4.78 is 6.17. The number of hydrogen-bond donors (Lipinski definition) is 0. The average molecular weight is 473 g/mol. The van der Waals surface area contributed by atoms with Crippen molar-refractivity contribution in [2.24, 2.45) is 0 Å². The Kier molecular flexibility index (Phi) is 4.41. The predicted molar refractivity (Wildman–Crippen MR) is 158 cm³/mol. The van der Waals surface area contributed by atoms with Gasteiger partial charge >= 0.3 is 0 Å². The molecule has 6 aromatic carbocycles. The number of rotatable bonds is 2. The second-order valence-corrected chi connectivity index (χ2v) is 10.0. The molecule has 0 spiro atoms. The molecule has 0 N–H and O–H groups in total. The molecule has 8 rings (SSSR count). The molecule has 0 bridgehead atoms. The van der Waals surface area contributed by atoms with Gasteiger partial charge in [-0.05, 0) is 91.7 Å². The summed E-state index contributed by atoms with van der Waals surface area (Å²) in [5, 5.41) is 10.3. The van der Waals surface area contributed by atoms with Crippen LogP contribution < -0.4 is 0 Å². The monoisotopic (exact) mass is 472 g/mol. The maximum atomic E-state index is 6.17.